The molecule has 0 aliphatic rings. The van der Waals surface area contributed by atoms with Crippen LogP contribution in [0, 0.1) is 0 Å². The molecule has 0 bridgehead atoms. The van der Waals surface area contributed by atoms with Gasteiger partial charge in [-0.1, -0.05) is 60.7 Å². The smallest absolute Gasteiger partial charge is 0.298 e. The van der Waals surface area contributed by atoms with Gasteiger partial charge in [-0.25, -0.2) is 0 Å². The molecule has 0 saturated heterocycles. The molecule has 0 unspecified atom stereocenters. The predicted molar refractivity (Wildman–Crippen MR) is 98.1 cm³/mol. The molecule has 5 nitrogen and oxygen atoms in total. The summed E-state index contributed by atoms with van der Waals surface area (Å²) in [5, 5.41) is 0. The molecule has 1 N–H and O–H groups in total. The Hall–Kier alpha value is -2.96. The summed E-state index contributed by atoms with van der Waals surface area (Å²) in [5.41, 5.74) is 1.82. The minimum Gasteiger partial charge on any atom is -0.495 e. The molecule has 0 aliphatic heterocycles. The number of rotatable bonds is 5. The van der Waals surface area contributed by atoms with Crippen LogP contribution in [-0.2, 0) is 10.1 Å². The molecule has 0 saturated carbocycles. The van der Waals surface area contributed by atoms with E-state index in [1.165, 1.54) is 13.2 Å². The zero-order valence-corrected chi connectivity index (χ0v) is 14.7. The van der Waals surface area contributed by atoms with Crippen LogP contribution in [0.2, 0.25) is 0 Å². The monoisotopic (exact) mass is 368 g/mol. The maximum Gasteiger partial charge on any atom is 0.298 e. The molecule has 132 valence electrons. The van der Waals surface area contributed by atoms with Crippen molar-refractivity contribution in [1.29, 1.82) is 0 Å². The van der Waals surface area contributed by atoms with Gasteiger partial charge in [0.05, 0.1) is 7.11 Å². The average Bonchev–Trinajstić information content (AvgIpc) is 2.67. The lowest BCUT2D eigenvalue weighted by Crippen LogP contribution is -2.08. The van der Waals surface area contributed by atoms with E-state index in [1.54, 1.807) is 30.3 Å². The molecule has 26 heavy (non-hydrogen) atoms. The first-order chi connectivity index (χ1) is 12.4. The summed E-state index contributed by atoms with van der Waals surface area (Å²) in [6.45, 7) is 0. The van der Waals surface area contributed by atoms with E-state index >= 15 is 0 Å². The molecule has 0 aromatic heterocycles. The van der Waals surface area contributed by atoms with Crippen LogP contribution in [0.15, 0.2) is 77.7 Å². The van der Waals surface area contributed by atoms with E-state index in [-0.39, 0.29) is 17.1 Å². The molecule has 0 fully saturated rings. The summed E-state index contributed by atoms with van der Waals surface area (Å²) in [7, 11) is -3.26. The van der Waals surface area contributed by atoms with E-state index in [0.717, 1.165) is 11.6 Å². The van der Waals surface area contributed by atoms with E-state index in [4.69, 9.17) is 4.74 Å². The highest BCUT2D eigenvalue weighted by Gasteiger charge is 2.24. The van der Waals surface area contributed by atoms with Crippen LogP contribution < -0.4 is 4.74 Å². The molecule has 3 rings (SSSR count). The highest BCUT2D eigenvalue weighted by Crippen LogP contribution is 2.34. The molecular formula is C20H16O5S. The maximum atomic E-state index is 13.0. The van der Waals surface area contributed by atoms with Gasteiger partial charge < -0.3 is 4.74 Å². The van der Waals surface area contributed by atoms with Crippen molar-refractivity contribution in [2.45, 2.75) is 4.90 Å². The van der Waals surface area contributed by atoms with Crippen molar-refractivity contribution >= 4 is 15.9 Å². The average molecular weight is 368 g/mol. The second-order valence-electron chi connectivity index (χ2n) is 5.58. The van der Waals surface area contributed by atoms with Gasteiger partial charge in [-0.2, -0.15) is 8.42 Å². The summed E-state index contributed by atoms with van der Waals surface area (Å²) < 4.78 is 38.1. The van der Waals surface area contributed by atoms with Crippen molar-refractivity contribution < 1.29 is 22.5 Å². The van der Waals surface area contributed by atoms with Gasteiger partial charge in [0.15, 0.2) is 5.78 Å². The third kappa shape index (κ3) is 3.51. The zero-order chi connectivity index (χ0) is 18.7. The summed E-state index contributed by atoms with van der Waals surface area (Å²) >= 11 is 0. The van der Waals surface area contributed by atoms with Crippen molar-refractivity contribution in [1.82, 2.24) is 0 Å². The topological polar surface area (TPSA) is 80.7 Å². The molecule has 0 spiro atoms. The maximum absolute atomic E-state index is 13.0. The molecule has 3 aromatic carbocycles. The summed E-state index contributed by atoms with van der Waals surface area (Å²) in [4.78, 5) is 12.6. The molecule has 0 amide bonds. The molecule has 0 atom stereocenters. The first-order valence-electron chi connectivity index (χ1n) is 7.76. The number of carbonyl (C=O) groups is 1. The molecular weight excluding hydrogens is 352 g/mol. The van der Waals surface area contributed by atoms with Crippen LogP contribution in [-0.4, -0.2) is 25.9 Å². The third-order valence-corrected chi connectivity index (χ3v) is 4.82. The van der Waals surface area contributed by atoms with Gasteiger partial charge in [-0.15, -0.1) is 0 Å². The van der Waals surface area contributed by atoms with Crippen molar-refractivity contribution in [3.63, 3.8) is 0 Å². The number of ketones is 1. The van der Waals surface area contributed by atoms with Crippen LogP contribution in [0.1, 0.15) is 15.9 Å². The van der Waals surface area contributed by atoms with Crippen molar-refractivity contribution in [2.24, 2.45) is 0 Å². The van der Waals surface area contributed by atoms with E-state index in [9.17, 15) is 17.8 Å². The first-order valence-corrected chi connectivity index (χ1v) is 9.20. The Morgan fingerprint density at radius 2 is 1.50 bits per heavy atom. The van der Waals surface area contributed by atoms with Gasteiger partial charge in [-0.3, -0.25) is 9.35 Å². The summed E-state index contributed by atoms with van der Waals surface area (Å²) in [5.74, 6) is -0.382. The lowest BCUT2D eigenvalue weighted by Gasteiger charge is -2.14. The second kappa shape index (κ2) is 7.11. The van der Waals surface area contributed by atoms with Crippen molar-refractivity contribution in [2.75, 3.05) is 7.11 Å². The van der Waals surface area contributed by atoms with E-state index in [1.807, 2.05) is 30.3 Å². The number of hydrogen-bond donors (Lipinski definition) is 1. The lowest BCUT2D eigenvalue weighted by molar-refractivity contribution is 0.103. The van der Waals surface area contributed by atoms with Crippen LogP contribution in [0.5, 0.6) is 5.75 Å². The SMILES string of the molecule is COc1cc(-c2ccccc2)c(C(=O)c2ccccc2)cc1S(=O)(=O)O. The van der Waals surface area contributed by atoms with Gasteiger partial charge in [-0.05, 0) is 23.3 Å². The van der Waals surface area contributed by atoms with E-state index < -0.39 is 15.0 Å². The summed E-state index contributed by atoms with van der Waals surface area (Å²) in [6, 6.07) is 20.2. The number of benzene rings is 3. The van der Waals surface area contributed by atoms with Crippen LogP contribution in [0.3, 0.4) is 0 Å². The second-order valence-corrected chi connectivity index (χ2v) is 6.97. The van der Waals surface area contributed by atoms with Gasteiger partial charge >= 0.3 is 0 Å². The Labute approximate surface area is 151 Å². The molecule has 3 aromatic rings. The highest BCUT2D eigenvalue weighted by atomic mass is 32.2. The zero-order valence-electron chi connectivity index (χ0n) is 13.9. The van der Waals surface area contributed by atoms with Gasteiger partial charge in [0.2, 0.25) is 0 Å². The van der Waals surface area contributed by atoms with Crippen LogP contribution in [0.25, 0.3) is 11.1 Å². The molecule has 0 aliphatic carbocycles. The highest BCUT2D eigenvalue weighted by molar-refractivity contribution is 7.86. The lowest BCUT2D eigenvalue weighted by atomic mass is 9.93. The number of carbonyl (C=O) groups excluding carboxylic acids is 1. The van der Waals surface area contributed by atoms with Gasteiger partial charge in [0, 0.05) is 11.1 Å². The largest absolute Gasteiger partial charge is 0.495 e. The Bertz CT molecular complexity index is 1040. The standard InChI is InChI=1S/C20H16O5S/c1-25-18-12-16(14-8-4-2-5-9-14)17(13-19(18)26(22,23)24)20(21)15-10-6-3-7-11-15/h2-13H,1H3,(H,22,23,24). The Balaban J connectivity index is 2.31. The van der Waals surface area contributed by atoms with Crippen molar-refractivity contribution in [3.8, 4) is 16.9 Å². The van der Waals surface area contributed by atoms with Crippen LogP contribution >= 0.6 is 0 Å². The molecule has 6 heteroatoms. The fourth-order valence-corrected chi connectivity index (χ4v) is 3.37. The fourth-order valence-electron chi connectivity index (χ4n) is 2.71. The predicted octanol–water partition coefficient (Wildman–Crippen LogP) is 3.84. The Morgan fingerprint density at radius 1 is 0.923 bits per heavy atom. The van der Waals surface area contributed by atoms with Crippen molar-refractivity contribution in [3.05, 3.63) is 83.9 Å². The molecule has 0 radical (unpaired) electrons. The Kier molecular flexibility index (Phi) is 4.88. The quantitative estimate of drug-likeness (QED) is 0.547. The Morgan fingerprint density at radius 3 is 2.04 bits per heavy atom. The third-order valence-electron chi connectivity index (χ3n) is 3.95. The number of methoxy groups -OCH3 is 1. The molecule has 0 heterocycles. The van der Waals surface area contributed by atoms with Gasteiger partial charge in [0.1, 0.15) is 10.6 Å². The van der Waals surface area contributed by atoms with E-state index in [0.29, 0.717) is 11.1 Å². The van der Waals surface area contributed by atoms with Crippen LogP contribution in [0.4, 0.5) is 0 Å². The number of ether oxygens (including phenoxy) is 1. The first kappa shape index (κ1) is 17.8. The van der Waals surface area contributed by atoms with Gasteiger partial charge in [0.25, 0.3) is 10.1 Å². The van der Waals surface area contributed by atoms with E-state index in [2.05, 4.69) is 0 Å². The minimum atomic E-state index is -4.56. The normalized spacial score (nSPS) is 11.2. The summed E-state index contributed by atoms with van der Waals surface area (Å²) in [6.07, 6.45) is 0. The minimum absolute atomic E-state index is 0.0315. The fraction of sp³-hybridized carbons (Fsp3) is 0.0500. The number of hydrogen-bond acceptors (Lipinski definition) is 4.